The van der Waals surface area contributed by atoms with E-state index in [-0.39, 0.29) is 12.0 Å². The molecule has 0 radical (unpaired) electrons. The van der Waals surface area contributed by atoms with Gasteiger partial charge >= 0.3 is 5.97 Å². The summed E-state index contributed by atoms with van der Waals surface area (Å²) < 4.78 is 10.4. The molecule has 0 saturated carbocycles. The van der Waals surface area contributed by atoms with Crippen molar-refractivity contribution >= 4 is 5.97 Å². The predicted octanol–water partition coefficient (Wildman–Crippen LogP) is 2.10. The molecule has 1 rings (SSSR count). The van der Waals surface area contributed by atoms with E-state index in [1.54, 1.807) is 13.2 Å². The molecule has 4 heteroatoms. The number of furan rings is 1. The molecule has 0 spiro atoms. The normalized spacial score (nSPS) is 13.5. The summed E-state index contributed by atoms with van der Waals surface area (Å²) in [6, 6.07) is 3.33. The molecule has 0 aliphatic rings. The van der Waals surface area contributed by atoms with E-state index in [0.29, 0.717) is 6.54 Å². The lowest BCUT2D eigenvalue weighted by molar-refractivity contribution is -0.157. The highest BCUT2D eigenvalue weighted by Gasteiger charge is 2.21. The zero-order valence-corrected chi connectivity index (χ0v) is 10.2. The van der Waals surface area contributed by atoms with Gasteiger partial charge in [0, 0.05) is 0 Å². The van der Waals surface area contributed by atoms with Crippen LogP contribution in [0, 0.1) is 0 Å². The molecule has 90 valence electrons. The SMILES string of the molecule is C[C@@H](NCc1ccco1)C(=O)OC(C)(C)C. The molecule has 0 amide bonds. The zero-order valence-electron chi connectivity index (χ0n) is 10.2. The monoisotopic (exact) mass is 225 g/mol. The molecule has 4 nitrogen and oxygen atoms in total. The van der Waals surface area contributed by atoms with Crippen LogP contribution < -0.4 is 5.32 Å². The molecule has 1 N–H and O–H groups in total. The van der Waals surface area contributed by atoms with E-state index < -0.39 is 5.60 Å². The quantitative estimate of drug-likeness (QED) is 0.797. The third-order valence-electron chi connectivity index (χ3n) is 1.92. The third-order valence-corrected chi connectivity index (χ3v) is 1.92. The molecule has 0 unspecified atom stereocenters. The summed E-state index contributed by atoms with van der Waals surface area (Å²) in [5.74, 6) is 0.550. The molecule has 1 aromatic heterocycles. The van der Waals surface area contributed by atoms with Crippen LogP contribution in [0.25, 0.3) is 0 Å². The highest BCUT2D eigenvalue weighted by molar-refractivity contribution is 5.75. The first-order valence-electron chi connectivity index (χ1n) is 5.37. The summed E-state index contributed by atoms with van der Waals surface area (Å²) in [4.78, 5) is 11.6. The average Bonchev–Trinajstić information content (AvgIpc) is 2.63. The Hall–Kier alpha value is -1.29. The molecule has 16 heavy (non-hydrogen) atoms. The molecule has 0 fully saturated rings. The minimum Gasteiger partial charge on any atom is -0.468 e. The summed E-state index contributed by atoms with van der Waals surface area (Å²) in [7, 11) is 0. The number of ether oxygens (including phenoxy) is 1. The van der Waals surface area contributed by atoms with Gasteiger partial charge in [0.25, 0.3) is 0 Å². The Morgan fingerprint density at radius 1 is 1.56 bits per heavy atom. The van der Waals surface area contributed by atoms with E-state index in [9.17, 15) is 4.79 Å². The standard InChI is InChI=1S/C12H19NO3/c1-9(11(14)16-12(2,3)4)13-8-10-6-5-7-15-10/h5-7,9,13H,8H2,1-4H3/t9-/m1/s1. The van der Waals surface area contributed by atoms with Crippen LogP contribution in [-0.4, -0.2) is 17.6 Å². The maximum absolute atomic E-state index is 11.6. The van der Waals surface area contributed by atoms with E-state index in [4.69, 9.17) is 9.15 Å². The molecular weight excluding hydrogens is 206 g/mol. The molecule has 1 heterocycles. The van der Waals surface area contributed by atoms with Crippen LogP contribution in [0.4, 0.5) is 0 Å². The van der Waals surface area contributed by atoms with Crippen LogP contribution in [0.2, 0.25) is 0 Å². The lowest BCUT2D eigenvalue weighted by atomic mass is 10.2. The maximum atomic E-state index is 11.6. The van der Waals surface area contributed by atoms with E-state index in [1.165, 1.54) is 0 Å². The van der Waals surface area contributed by atoms with Crippen molar-refractivity contribution in [2.45, 2.75) is 45.9 Å². The van der Waals surface area contributed by atoms with Gasteiger partial charge in [-0.2, -0.15) is 0 Å². The van der Waals surface area contributed by atoms with E-state index >= 15 is 0 Å². The number of hydrogen-bond acceptors (Lipinski definition) is 4. The third kappa shape index (κ3) is 4.49. The van der Waals surface area contributed by atoms with E-state index in [0.717, 1.165) is 5.76 Å². The highest BCUT2D eigenvalue weighted by atomic mass is 16.6. The van der Waals surface area contributed by atoms with Crippen LogP contribution in [0.3, 0.4) is 0 Å². The fourth-order valence-electron chi connectivity index (χ4n) is 1.14. The van der Waals surface area contributed by atoms with Gasteiger partial charge in [-0.3, -0.25) is 10.1 Å². The van der Waals surface area contributed by atoms with Crippen LogP contribution in [0.1, 0.15) is 33.5 Å². The summed E-state index contributed by atoms with van der Waals surface area (Å²) in [5, 5.41) is 3.04. The lowest BCUT2D eigenvalue weighted by Crippen LogP contribution is -2.38. The Balaban J connectivity index is 2.35. The molecule has 1 aromatic rings. The van der Waals surface area contributed by atoms with Gasteiger partial charge in [-0.15, -0.1) is 0 Å². The zero-order chi connectivity index (χ0) is 12.2. The van der Waals surface area contributed by atoms with Crippen LogP contribution >= 0.6 is 0 Å². The first kappa shape index (κ1) is 12.8. The topological polar surface area (TPSA) is 51.5 Å². The summed E-state index contributed by atoms with van der Waals surface area (Å²) >= 11 is 0. The molecule has 0 aromatic carbocycles. The molecule has 1 atom stereocenters. The summed E-state index contributed by atoms with van der Waals surface area (Å²) in [5.41, 5.74) is -0.447. The van der Waals surface area contributed by atoms with E-state index in [2.05, 4.69) is 5.32 Å². The molecule has 0 aliphatic carbocycles. The number of carbonyl (C=O) groups is 1. The van der Waals surface area contributed by atoms with Gasteiger partial charge in [-0.05, 0) is 39.8 Å². The largest absolute Gasteiger partial charge is 0.468 e. The van der Waals surface area contributed by atoms with Gasteiger partial charge in [0.1, 0.15) is 17.4 Å². The van der Waals surface area contributed by atoms with Crippen molar-refractivity contribution in [2.75, 3.05) is 0 Å². The number of esters is 1. The van der Waals surface area contributed by atoms with E-state index in [1.807, 2.05) is 32.9 Å². The summed E-state index contributed by atoms with van der Waals surface area (Å²) in [6.07, 6.45) is 1.61. The minimum atomic E-state index is -0.447. The van der Waals surface area contributed by atoms with Crippen molar-refractivity contribution in [3.8, 4) is 0 Å². The number of rotatable bonds is 4. The minimum absolute atomic E-state index is 0.251. The first-order valence-corrected chi connectivity index (χ1v) is 5.37. The van der Waals surface area contributed by atoms with Gasteiger partial charge in [0.15, 0.2) is 0 Å². The van der Waals surface area contributed by atoms with Crippen molar-refractivity contribution in [1.82, 2.24) is 5.32 Å². The van der Waals surface area contributed by atoms with Gasteiger partial charge in [0.05, 0.1) is 12.8 Å². The second-order valence-corrected chi connectivity index (χ2v) is 4.72. The second kappa shape index (κ2) is 5.16. The molecule has 0 aliphatic heterocycles. The Labute approximate surface area is 96.0 Å². The number of carbonyl (C=O) groups excluding carboxylic acids is 1. The first-order chi connectivity index (χ1) is 7.38. The predicted molar refractivity (Wildman–Crippen MR) is 60.9 cm³/mol. The Kier molecular flexibility index (Phi) is 4.12. The van der Waals surface area contributed by atoms with Crippen molar-refractivity contribution in [2.24, 2.45) is 0 Å². The fourth-order valence-corrected chi connectivity index (χ4v) is 1.14. The molecule has 0 bridgehead atoms. The van der Waals surface area contributed by atoms with Crippen molar-refractivity contribution in [3.05, 3.63) is 24.2 Å². The fraction of sp³-hybridized carbons (Fsp3) is 0.583. The Bertz CT molecular complexity index is 325. The van der Waals surface area contributed by atoms with Crippen LogP contribution in [-0.2, 0) is 16.1 Å². The number of nitrogens with one attached hydrogen (secondary N) is 1. The smallest absolute Gasteiger partial charge is 0.323 e. The van der Waals surface area contributed by atoms with Gasteiger partial charge in [-0.1, -0.05) is 0 Å². The maximum Gasteiger partial charge on any atom is 0.323 e. The Morgan fingerprint density at radius 3 is 2.75 bits per heavy atom. The molecule has 0 saturated heterocycles. The van der Waals surface area contributed by atoms with Crippen molar-refractivity contribution < 1.29 is 13.9 Å². The van der Waals surface area contributed by atoms with Crippen molar-refractivity contribution in [3.63, 3.8) is 0 Å². The van der Waals surface area contributed by atoms with Gasteiger partial charge in [0.2, 0.25) is 0 Å². The average molecular weight is 225 g/mol. The van der Waals surface area contributed by atoms with Crippen LogP contribution in [0.5, 0.6) is 0 Å². The Morgan fingerprint density at radius 2 is 2.25 bits per heavy atom. The van der Waals surface area contributed by atoms with Gasteiger partial charge < -0.3 is 9.15 Å². The molecular formula is C12H19NO3. The van der Waals surface area contributed by atoms with Gasteiger partial charge in [-0.25, -0.2) is 0 Å². The van der Waals surface area contributed by atoms with Crippen molar-refractivity contribution in [1.29, 1.82) is 0 Å². The summed E-state index contributed by atoms with van der Waals surface area (Å²) in [6.45, 7) is 7.85. The lowest BCUT2D eigenvalue weighted by Gasteiger charge is -2.22. The highest BCUT2D eigenvalue weighted by Crippen LogP contribution is 2.08. The van der Waals surface area contributed by atoms with Crippen LogP contribution in [0.15, 0.2) is 22.8 Å². The number of hydrogen-bond donors (Lipinski definition) is 1. The second-order valence-electron chi connectivity index (χ2n) is 4.72.